The Morgan fingerprint density at radius 3 is 2.88 bits per heavy atom. The molecule has 0 aliphatic carbocycles. The molecule has 0 spiro atoms. The first kappa shape index (κ1) is 13.8. The monoisotopic (exact) mass is 337 g/mol. The molecule has 2 nitrogen and oxygen atoms in total. The average molecular weight is 339 g/mol. The van der Waals surface area contributed by atoms with E-state index in [2.05, 4.69) is 35.1 Å². The van der Waals surface area contributed by atoms with Gasteiger partial charge >= 0.3 is 0 Å². The molecule has 1 aromatic rings. The summed E-state index contributed by atoms with van der Waals surface area (Å²) < 4.78 is 6.97. The molecule has 1 aliphatic heterocycles. The van der Waals surface area contributed by atoms with Crippen LogP contribution in [0.15, 0.2) is 9.85 Å². The van der Waals surface area contributed by atoms with Gasteiger partial charge in [0.25, 0.3) is 0 Å². The lowest BCUT2D eigenvalue weighted by Crippen LogP contribution is -2.31. The van der Waals surface area contributed by atoms with E-state index in [4.69, 9.17) is 16.3 Å². The molecule has 1 aliphatic rings. The molecule has 96 valence electrons. The minimum atomic E-state index is 0.263. The summed E-state index contributed by atoms with van der Waals surface area (Å²) in [5.41, 5.74) is 0. The highest BCUT2D eigenvalue weighted by molar-refractivity contribution is 9.11. The average Bonchev–Trinajstić information content (AvgIpc) is 2.83. The van der Waals surface area contributed by atoms with Crippen LogP contribution in [0.2, 0.25) is 5.02 Å². The van der Waals surface area contributed by atoms with Gasteiger partial charge in [0.05, 0.1) is 27.1 Å². The lowest BCUT2D eigenvalue weighted by Gasteiger charge is -2.23. The van der Waals surface area contributed by atoms with Crippen molar-refractivity contribution in [2.75, 3.05) is 6.54 Å². The van der Waals surface area contributed by atoms with Crippen molar-refractivity contribution in [2.45, 2.75) is 44.9 Å². The van der Waals surface area contributed by atoms with Gasteiger partial charge in [0.15, 0.2) is 0 Å². The second-order valence-electron chi connectivity index (χ2n) is 4.37. The molecule has 2 rings (SSSR count). The van der Waals surface area contributed by atoms with E-state index in [1.165, 1.54) is 4.88 Å². The van der Waals surface area contributed by atoms with E-state index in [1.54, 1.807) is 11.3 Å². The first-order valence-electron chi connectivity index (χ1n) is 5.95. The molecule has 0 aromatic carbocycles. The highest BCUT2D eigenvalue weighted by Crippen LogP contribution is 2.39. The third-order valence-electron chi connectivity index (χ3n) is 3.03. The van der Waals surface area contributed by atoms with Gasteiger partial charge < -0.3 is 10.1 Å². The van der Waals surface area contributed by atoms with Crippen LogP contribution in [0.1, 0.15) is 37.6 Å². The highest BCUT2D eigenvalue weighted by atomic mass is 79.9. The van der Waals surface area contributed by atoms with Crippen molar-refractivity contribution < 1.29 is 4.74 Å². The Morgan fingerprint density at radius 1 is 1.65 bits per heavy atom. The summed E-state index contributed by atoms with van der Waals surface area (Å²) in [6.45, 7) is 5.20. The Kier molecular flexibility index (Phi) is 4.89. The molecule has 1 saturated heterocycles. The van der Waals surface area contributed by atoms with Crippen LogP contribution in [0.3, 0.4) is 0 Å². The van der Waals surface area contributed by atoms with E-state index in [0.717, 1.165) is 28.2 Å². The van der Waals surface area contributed by atoms with Crippen molar-refractivity contribution in [3.05, 3.63) is 19.8 Å². The summed E-state index contributed by atoms with van der Waals surface area (Å²) in [5.74, 6) is 0. The van der Waals surface area contributed by atoms with Crippen molar-refractivity contribution in [3.8, 4) is 0 Å². The number of thiophene rings is 1. The number of likely N-dealkylation sites (N-methyl/N-ethyl adjacent to an activating group) is 1. The molecule has 1 N–H and O–H groups in total. The summed E-state index contributed by atoms with van der Waals surface area (Å²) >= 11 is 11.3. The molecule has 3 atom stereocenters. The van der Waals surface area contributed by atoms with Crippen LogP contribution in [-0.4, -0.2) is 18.8 Å². The summed E-state index contributed by atoms with van der Waals surface area (Å²) in [7, 11) is 0. The van der Waals surface area contributed by atoms with E-state index in [1.807, 2.05) is 6.07 Å². The first-order valence-corrected chi connectivity index (χ1v) is 7.94. The van der Waals surface area contributed by atoms with Gasteiger partial charge in [0.1, 0.15) is 0 Å². The fraction of sp³-hybridized carbons (Fsp3) is 0.667. The van der Waals surface area contributed by atoms with Gasteiger partial charge in [-0.15, -0.1) is 11.3 Å². The normalized spacial score (nSPS) is 26.4. The Bertz CT molecular complexity index is 365. The molecule has 0 amide bonds. The van der Waals surface area contributed by atoms with Crippen LogP contribution in [0.25, 0.3) is 0 Å². The fourth-order valence-electron chi connectivity index (χ4n) is 2.23. The number of halogens is 2. The first-order chi connectivity index (χ1) is 8.11. The number of nitrogens with one attached hydrogen (secondary N) is 1. The summed E-state index contributed by atoms with van der Waals surface area (Å²) in [5, 5.41) is 4.30. The largest absolute Gasteiger partial charge is 0.373 e. The summed E-state index contributed by atoms with van der Waals surface area (Å²) in [6, 6.07) is 2.30. The number of ether oxygens (including phenoxy) is 1. The van der Waals surface area contributed by atoms with Crippen LogP contribution >= 0.6 is 38.9 Å². The van der Waals surface area contributed by atoms with E-state index < -0.39 is 0 Å². The van der Waals surface area contributed by atoms with Crippen molar-refractivity contribution in [2.24, 2.45) is 0 Å². The fourth-order valence-corrected chi connectivity index (χ4v) is 4.11. The maximum atomic E-state index is 6.10. The van der Waals surface area contributed by atoms with Gasteiger partial charge in [-0.1, -0.05) is 18.5 Å². The van der Waals surface area contributed by atoms with Crippen LogP contribution in [0.4, 0.5) is 0 Å². The molecule has 17 heavy (non-hydrogen) atoms. The van der Waals surface area contributed by atoms with Crippen molar-refractivity contribution in [1.29, 1.82) is 0 Å². The Balaban J connectivity index is 2.16. The molecule has 1 aromatic heterocycles. The minimum absolute atomic E-state index is 0.263. The lowest BCUT2D eigenvalue weighted by atomic mass is 10.1. The van der Waals surface area contributed by atoms with Crippen LogP contribution < -0.4 is 5.32 Å². The quantitative estimate of drug-likeness (QED) is 0.879. The molecule has 3 unspecified atom stereocenters. The van der Waals surface area contributed by atoms with Crippen LogP contribution in [0, 0.1) is 0 Å². The molecule has 1 fully saturated rings. The van der Waals surface area contributed by atoms with Crippen molar-refractivity contribution in [3.63, 3.8) is 0 Å². The van der Waals surface area contributed by atoms with Crippen LogP contribution in [0.5, 0.6) is 0 Å². The summed E-state index contributed by atoms with van der Waals surface area (Å²) in [4.78, 5) is 1.25. The molecule has 0 bridgehead atoms. The Labute approximate surface area is 120 Å². The molecule has 0 saturated carbocycles. The molecule has 5 heteroatoms. The van der Waals surface area contributed by atoms with Gasteiger partial charge in [-0.05, 0) is 48.3 Å². The van der Waals surface area contributed by atoms with Gasteiger partial charge in [-0.3, -0.25) is 0 Å². The van der Waals surface area contributed by atoms with Gasteiger partial charge in [0.2, 0.25) is 0 Å². The Morgan fingerprint density at radius 2 is 2.41 bits per heavy atom. The van der Waals surface area contributed by atoms with Crippen LogP contribution in [-0.2, 0) is 4.74 Å². The van der Waals surface area contributed by atoms with Gasteiger partial charge in [-0.25, -0.2) is 0 Å². The predicted octanol–water partition coefficient (Wildman–Crippen LogP) is 4.38. The van der Waals surface area contributed by atoms with Gasteiger partial charge in [-0.2, -0.15) is 0 Å². The van der Waals surface area contributed by atoms with E-state index in [9.17, 15) is 0 Å². The third kappa shape index (κ3) is 3.24. The Hall–Kier alpha value is 0.390. The molecule has 0 radical (unpaired) electrons. The van der Waals surface area contributed by atoms with E-state index in [-0.39, 0.29) is 12.1 Å². The molecular weight excluding hydrogens is 322 g/mol. The third-order valence-corrected chi connectivity index (χ3v) is 5.59. The maximum absolute atomic E-state index is 6.10. The zero-order valence-electron chi connectivity index (χ0n) is 10.0. The van der Waals surface area contributed by atoms with Crippen molar-refractivity contribution in [1.82, 2.24) is 5.32 Å². The standard InChI is InChI=1S/C12H17BrClNOS/c1-3-15-11(9-5-4-7(2)16-9)10-6-8(14)12(13)17-10/h6-7,9,11,15H,3-5H2,1-2H3. The van der Waals surface area contributed by atoms with E-state index in [0.29, 0.717) is 6.10 Å². The SMILES string of the molecule is CCNC(c1cc(Cl)c(Br)s1)C1CCC(C)O1. The number of hydrogen-bond donors (Lipinski definition) is 1. The zero-order chi connectivity index (χ0) is 12.4. The van der Waals surface area contributed by atoms with Crippen molar-refractivity contribution >= 4 is 38.9 Å². The number of rotatable bonds is 4. The second kappa shape index (κ2) is 6.02. The molecule has 2 heterocycles. The molecular formula is C12H17BrClNOS. The zero-order valence-corrected chi connectivity index (χ0v) is 13.2. The highest BCUT2D eigenvalue weighted by Gasteiger charge is 2.31. The summed E-state index contributed by atoms with van der Waals surface area (Å²) in [6.07, 6.45) is 2.91. The number of hydrogen-bond acceptors (Lipinski definition) is 3. The predicted molar refractivity (Wildman–Crippen MR) is 77.0 cm³/mol. The smallest absolute Gasteiger partial charge is 0.0888 e. The second-order valence-corrected chi connectivity index (χ2v) is 7.18. The lowest BCUT2D eigenvalue weighted by molar-refractivity contribution is 0.0327. The minimum Gasteiger partial charge on any atom is -0.373 e. The van der Waals surface area contributed by atoms with E-state index >= 15 is 0 Å². The van der Waals surface area contributed by atoms with Gasteiger partial charge in [0, 0.05) is 4.88 Å². The maximum Gasteiger partial charge on any atom is 0.0888 e. The topological polar surface area (TPSA) is 21.3 Å².